The number of carbonyl (C=O) groups excluding carboxylic acids is 3. The van der Waals surface area contributed by atoms with Crippen LogP contribution in [0.15, 0.2) is 66.7 Å². The Kier molecular flexibility index (Phi) is 9.23. The summed E-state index contributed by atoms with van der Waals surface area (Å²) in [5.41, 5.74) is 8.06. The molecule has 2 N–H and O–H groups in total. The normalized spacial score (nSPS) is 23.3. The Bertz CT molecular complexity index is 1170. The lowest BCUT2D eigenvalue weighted by Crippen LogP contribution is -2.57. The molecule has 1 fully saturated rings. The van der Waals surface area contributed by atoms with E-state index in [9.17, 15) is 14.4 Å². The predicted molar refractivity (Wildman–Crippen MR) is 153 cm³/mol. The van der Waals surface area contributed by atoms with Crippen LogP contribution < -0.4 is 5.73 Å². The van der Waals surface area contributed by atoms with Crippen LogP contribution in [0.3, 0.4) is 0 Å². The van der Waals surface area contributed by atoms with Gasteiger partial charge in [-0.2, -0.15) is 0 Å². The van der Waals surface area contributed by atoms with Crippen molar-refractivity contribution in [1.29, 1.82) is 0 Å². The van der Waals surface area contributed by atoms with Gasteiger partial charge in [0.1, 0.15) is 0 Å². The molecule has 0 bridgehead atoms. The first-order valence-electron chi connectivity index (χ1n) is 14.0. The number of primary amides is 1. The van der Waals surface area contributed by atoms with E-state index < -0.39 is 17.5 Å². The van der Waals surface area contributed by atoms with Gasteiger partial charge in [-0.3, -0.25) is 14.4 Å². The van der Waals surface area contributed by atoms with Gasteiger partial charge in [-0.1, -0.05) is 66.7 Å². The van der Waals surface area contributed by atoms with E-state index in [1.165, 1.54) is 16.7 Å². The molecule has 1 aliphatic carbocycles. The number of rotatable bonds is 10. The minimum Gasteiger partial charge on any atom is -0.449 e. The lowest BCUT2D eigenvalue weighted by molar-refractivity contribution is -0.174. The maximum Gasteiger partial charge on any atom is 0.306 e. The number of esters is 1. The highest BCUT2D eigenvalue weighted by Crippen LogP contribution is 2.42. The van der Waals surface area contributed by atoms with Gasteiger partial charge in [0.25, 0.3) is 5.91 Å². The second-order valence-corrected chi connectivity index (χ2v) is 11.2. The summed E-state index contributed by atoms with van der Waals surface area (Å²) in [7, 11) is 4.12. The zero-order chi connectivity index (χ0) is 27.9. The lowest BCUT2D eigenvalue weighted by Gasteiger charge is -2.48. The molecule has 1 heterocycles. The van der Waals surface area contributed by atoms with Crippen LogP contribution in [0.1, 0.15) is 62.5 Å². The fourth-order valence-corrected chi connectivity index (χ4v) is 5.90. The number of benzene rings is 2. The predicted octanol–water partition coefficient (Wildman–Crippen LogP) is 4.36. The molecule has 2 aromatic carbocycles. The Morgan fingerprint density at radius 1 is 0.923 bits per heavy atom. The summed E-state index contributed by atoms with van der Waals surface area (Å²) in [6.45, 7) is 1.25. The lowest BCUT2D eigenvalue weighted by atomic mass is 9.70. The smallest absolute Gasteiger partial charge is 0.306 e. The number of nitrogens with two attached hydrogens (primary N) is 1. The van der Waals surface area contributed by atoms with Crippen molar-refractivity contribution < 1.29 is 19.1 Å². The Hall–Kier alpha value is -3.45. The van der Waals surface area contributed by atoms with E-state index in [0.717, 1.165) is 12.8 Å². The van der Waals surface area contributed by atoms with Crippen LogP contribution >= 0.6 is 0 Å². The molecule has 0 radical (unpaired) electrons. The summed E-state index contributed by atoms with van der Waals surface area (Å²) < 4.78 is 5.79. The number of likely N-dealkylation sites (N-methyl/N-ethyl adjacent to an activating group) is 1. The van der Waals surface area contributed by atoms with Gasteiger partial charge in [0.2, 0.25) is 5.91 Å². The molecule has 4 rings (SSSR count). The molecule has 0 aromatic heterocycles. The molecule has 0 unspecified atom stereocenters. The minimum absolute atomic E-state index is 0.0325. The van der Waals surface area contributed by atoms with Crippen LogP contribution in [0.5, 0.6) is 0 Å². The minimum atomic E-state index is -1.29. The second-order valence-electron chi connectivity index (χ2n) is 11.2. The zero-order valence-electron chi connectivity index (χ0n) is 23.2. The molecule has 0 saturated heterocycles. The fraction of sp³-hybridized carbons (Fsp3) is 0.469. The number of hydrogen-bond acceptors (Lipinski definition) is 5. The molecule has 7 nitrogen and oxygen atoms in total. The number of ether oxygens (including phenoxy) is 1. The van der Waals surface area contributed by atoms with Crippen LogP contribution in [0.4, 0.5) is 0 Å². The molecule has 2 aliphatic rings. The topological polar surface area (TPSA) is 92.9 Å². The molecular formula is C32H41N3O4. The van der Waals surface area contributed by atoms with Crippen molar-refractivity contribution in [3.8, 4) is 0 Å². The highest BCUT2D eigenvalue weighted by atomic mass is 16.6. The van der Waals surface area contributed by atoms with Crippen LogP contribution in [0.2, 0.25) is 0 Å². The zero-order valence-corrected chi connectivity index (χ0v) is 23.2. The standard InChI is InChI=1S/C32H41N3O4/c1-34(2)31(24-25-10-5-3-6-11-25)18-20-32(21-19-31,30(33)38)39-29(37)15-9-14-28(36)35-22-16-27(17-23-35)26-12-7-4-8-13-26/h3-8,10-13,16H,9,14-15,17-24H2,1-2H3,(H2,33,38). The monoisotopic (exact) mass is 531 g/mol. The van der Waals surface area contributed by atoms with Gasteiger partial charge < -0.3 is 20.3 Å². The second kappa shape index (κ2) is 12.6. The molecule has 1 saturated carbocycles. The van der Waals surface area contributed by atoms with E-state index in [1.807, 2.05) is 41.3 Å². The van der Waals surface area contributed by atoms with Crippen LogP contribution in [0.25, 0.3) is 5.57 Å². The van der Waals surface area contributed by atoms with Crippen molar-refractivity contribution in [3.63, 3.8) is 0 Å². The number of amides is 2. The number of carbonyl (C=O) groups is 3. The highest BCUT2D eigenvalue weighted by molar-refractivity contribution is 5.87. The molecule has 0 atom stereocenters. The first-order valence-corrected chi connectivity index (χ1v) is 14.0. The Labute approximate surface area is 232 Å². The van der Waals surface area contributed by atoms with Crippen molar-refractivity contribution in [1.82, 2.24) is 9.80 Å². The molecule has 7 heteroatoms. The summed E-state index contributed by atoms with van der Waals surface area (Å²) in [6.07, 6.45) is 6.68. The van der Waals surface area contributed by atoms with E-state index in [2.05, 4.69) is 49.3 Å². The number of hydrogen-bond donors (Lipinski definition) is 1. The van der Waals surface area contributed by atoms with Crippen LogP contribution in [-0.2, 0) is 25.5 Å². The van der Waals surface area contributed by atoms with Gasteiger partial charge in [0.15, 0.2) is 5.60 Å². The molecule has 1 aliphatic heterocycles. The molecule has 208 valence electrons. The third-order valence-corrected chi connectivity index (χ3v) is 8.55. The molecule has 0 spiro atoms. The fourth-order valence-electron chi connectivity index (χ4n) is 5.90. The summed E-state index contributed by atoms with van der Waals surface area (Å²) in [6, 6.07) is 20.5. The quantitative estimate of drug-likeness (QED) is 0.460. The third kappa shape index (κ3) is 6.95. The van der Waals surface area contributed by atoms with E-state index in [0.29, 0.717) is 45.2 Å². The van der Waals surface area contributed by atoms with E-state index >= 15 is 0 Å². The van der Waals surface area contributed by atoms with Gasteiger partial charge in [0.05, 0.1) is 0 Å². The van der Waals surface area contributed by atoms with Crippen LogP contribution in [0, 0.1) is 0 Å². The molecule has 39 heavy (non-hydrogen) atoms. The summed E-state index contributed by atoms with van der Waals surface area (Å²) in [5.74, 6) is -1.02. The average Bonchev–Trinajstić information content (AvgIpc) is 2.95. The first-order chi connectivity index (χ1) is 18.7. The average molecular weight is 532 g/mol. The highest BCUT2D eigenvalue weighted by Gasteiger charge is 2.49. The van der Waals surface area contributed by atoms with E-state index in [-0.39, 0.29) is 24.3 Å². The van der Waals surface area contributed by atoms with Crippen LogP contribution in [-0.4, -0.2) is 65.9 Å². The van der Waals surface area contributed by atoms with Crippen molar-refractivity contribution in [3.05, 3.63) is 77.9 Å². The Morgan fingerprint density at radius 3 is 2.13 bits per heavy atom. The maximum atomic E-state index is 12.8. The van der Waals surface area contributed by atoms with Crippen molar-refractivity contribution in [2.75, 3.05) is 27.2 Å². The van der Waals surface area contributed by atoms with Gasteiger partial charge >= 0.3 is 5.97 Å². The van der Waals surface area contributed by atoms with Gasteiger partial charge in [-0.15, -0.1) is 0 Å². The van der Waals surface area contributed by atoms with Crippen molar-refractivity contribution in [2.45, 2.75) is 68.9 Å². The van der Waals surface area contributed by atoms with Crippen molar-refractivity contribution >= 4 is 23.4 Å². The maximum absolute atomic E-state index is 12.8. The van der Waals surface area contributed by atoms with Crippen molar-refractivity contribution in [2.24, 2.45) is 5.73 Å². The number of nitrogens with zero attached hydrogens (tertiary/aromatic N) is 2. The van der Waals surface area contributed by atoms with Gasteiger partial charge in [-0.25, -0.2) is 0 Å². The Morgan fingerprint density at radius 2 is 1.56 bits per heavy atom. The molecular weight excluding hydrogens is 490 g/mol. The van der Waals surface area contributed by atoms with Gasteiger partial charge in [0, 0.05) is 31.5 Å². The Balaban J connectivity index is 1.27. The molecule has 2 amide bonds. The third-order valence-electron chi connectivity index (χ3n) is 8.55. The largest absolute Gasteiger partial charge is 0.449 e. The SMILES string of the molecule is CN(C)C1(Cc2ccccc2)CCC(OC(=O)CCCC(=O)N2CC=C(c3ccccc3)CC2)(C(N)=O)CC1. The summed E-state index contributed by atoms with van der Waals surface area (Å²) in [5, 5.41) is 0. The summed E-state index contributed by atoms with van der Waals surface area (Å²) >= 11 is 0. The summed E-state index contributed by atoms with van der Waals surface area (Å²) in [4.78, 5) is 42.1. The van der Waals surface area contributed by atoms with E-state index in [4.69, 9.17) is 10.5 Å². The molecule has 2 aromatic rings. The first kappa shape index (κ1) is 28.6. The van der Waals surface area contributed by atoms with Gasteiger partial charge in [-0.05, 0) is 75.7 Å². The van der Waals surface area contributed by atoms with E-state index in [1.54, 1.807) is 0 Å².